The molecule has 2 unspecified atom stereocenters. The number of carboxylic acid groups (broad SMARTS) is 1. The second-order valence-corrected chi connectivity index (χ2v) is 6.67. The lowest BCUT2D eigenvalue weighted by Gasteiger charge is -2.20. The smallest absolute Gasteiger partial charge is 0.407 e. The van der Waals surface area contributed by atoms with Crippen molar-refractivity contribution in [3.05, 3.63) is 48.3 Å². The van der Waals surface area contributed by atoms with Crippen molar-refractivity contribution in [1.29, 1.82) is 0 Å². The van der Waals surface area contributed by atoms with E-state index in [-0.39, 0.29) is 17.7 Å². The third kappa shape index (κ3) is 3.17. The highest BCUT2D eigenvalue weighted by atomic mass is 16.4. The SMILES string of the molecule is O=C(O)N1CC2CN(C(=O)c3ccnc(Nc4ccccc4)n3)CC2C1. The van der Waals surface area contributed by atoms with E-state index in [9.17, 15) is 9.59 Å². The monoisotopic (exact) mass is 353 g/mol. The van der Waals surface area contributed by atoms with Gasteiger partial charge in [0, 0.05) is 49.9 Å². The van der Waals surface area contributed by atoms with Crippen molar-refractivity contribution in [2.45, 2.75) is 0 Å². The van der Waals surface area contributed by atoms with Crippen molar-refractivity contribution in [3.63, 3.8) is 0 Å². The van der Waals surface area contributed by atoms with Crippen LogP contribution in [0.4, 0.5) is 16.4 Å². The molecule has 2 aliphatic heterocycles. The maximum atomic E-state index is 12.8. The molecule has 1 aromatic heterocycles. The van der Waals surface area contributed by atoms with Crippen molar-refractivity contribution in [2.75, 3.05) is 31.5 Å². The molecule has 4 rings (SSSR count). The fourth-order valence-corrected chi connectivity index (χ4v) is 3.67. The first kappa shape index (κ1) is 16.3. The van der Waals surface area contributed by atoms with Crippen LogP contribution in [-0.2, 0) is 0 Å². The Morgan fingerprint density at radius 1 is 1.00 bits per heavy atom. The highest BCUT2D eigenvalue weighted by molar-refractivity contribution is 5.92. The van der Waals surface area contributed by atoms with E-state index in [1.54, 1.807) is 17.2 Å². The van der Waals surface area contributed by atoms with Crippen molar-refractivity contribution in [3.8, 4) is 0 Å². The van der Waals surface area contributed by atoms with Crippen LogP contribution in [0.5, 0.6) is 0 Å². The molecule has 2 atom stereocenters. The van der Waals surface area contributed by atoms with Gasteiger partial charge in [-0.25, -0.2) is 14.8 Å². The van der Waals surface area contributed by atoms with Crippen LogP contribution in [0.2, 0.25) is 0 Å². The first-order valence-corrected chi connectivity index (χ1v) is 8.52. The van der Waals surface area contributed by atoms with Gasteiger partial charge in [0.2, 0.25) is 5.95 Å². The number of amides is 2. The van der Waals surface area contributed by atoms with Gasteiger partial charge in [-0.2, -0.15) is 0 Å². The summed E-state index contributed by atoms with van der Waals surface area (Å²) in [5.74, 6) is 0.649. The number of likely N-dealkylation sites (tertiary alicyclic amines) is 2. The van der Waals surface area contributed by atoms with E-state index >= 15 is 0 Å². The molecular weight excluding hydrogens is 334 g/mol. The van der Waals surface area contributed by atoms with Crippen LogP contribution in [0.1, 0.15) is 10.5 Å². The van der Waals surface area contributed by atoms with E-state index < -0.39 is 6.09 Å². The van der Waals surface area contributed by atoms with Crippen LogP contribution in [0.15, 0.2) is 42.6 Å². The Balaban J connectivity index is 1.43. The number of anilines is 2. The zero-order valence-corrected chi connectivity index (χ0v) is 14.1. The number of hydrogen-bond donors (Lipinski definition) is 2. The zero-order chi connectivity index (χ0) is 18.1. The number of para-hydroxylation sites is 1. The Hall–Kier alpha value is -3.16. The molecule has 1 aromatic carbocycles. The topological polar surface area (TPSA) is 98.7 Å². The Labute approximate surface area is 150 Å². The fourth-order valence-electron chi connectivity index (χ4n) is 3.67. The molecule has 0 saturated carbocycles. The van der Waals surface area contributed by atoms with Crippen LogP contribution in [-0.4, -0.2) is 63.1 Å². The standard InChI is InChI=1S/C18H19N5O3/c24-16(22-8-12-10-23(18(25)26)11-13(12)9-22)15-6-7-19-17(21-15)20-14-4-2-1-3-5-14/h1-7,12-13H,8-11H2,(H,25,26)(H,19,20,21). The van der Waals surface area contributed by atoms with E-state index in [1.165, 1.54) is 4.90 Å². The number of aromatic nitrogens is 2. The first-order chi connectivity index (χ1) is 12.6. The van der Waals surface area contributed by atoms with Gasteiger partial charge in [0.05, 0.1) is 0 Å². The van der Waals surface area contributed by atoms with E-state index in [0.717, 1.165) is 5.69 Å². The number of fused-ring (bicyclic) bond motifs is 1. The minimum absolute atomic E-state index is 0.139. The number of benzene rings is 1. The second-order valence-electron chi connectivity index (χ2n) is 6.67. The molecule has 8 heteroatoms. The summed E-state index contributed by atoms with van der Waals surface area (Å²) in [5, 5.41) is 12.2. The van der Waals surface area contributed by atoms with Crippen LogP contribution in [0.25, 0.3) is 0 Å². The summed E-state index contributed by atoms with van der Waals surface area (Å²) in [6, 6.07) is 11.1. The largest absolute Gasteiger partial charge is 0.465 e. The molecule has 134 valence electrons. The van der Waals surface area contributed by atoms with Crippen LogP contribution in [0, 0.1) is 11.8 Å². The van der Waals surface area contributed by atoms with Crippen molar-refractivity contribution in [1.82, 2.24) is 19.8 Å². The van der Waals surface area contributed by atoms with E-state index in [4.69, 9.17) is 5.11 Å². The van der Waals surface area contributed by atoms with Crippen LogP contribution in [0.3, 0.4) is 0 Å². The number of carbonyl (C=O) groups excluding carboxylic acids is 1. The molecular formula is C18H19N5O3. The lowest BCUT2D eigenvalue weighted by molar-refractivity contribution is 0.0768. The zero-order valence-electron chi connectivity index (χ0n) is 14.1. The number of rotatable bonds is 3. The normalized spacial score (nSPS) is 21.5. The molecule has 26 heavy (non-hydrogen) atoms. The summed E-state index contributed by atoms with van der Waals surface area (Å²) in [7, 11) is 0. The van der Waals surface area contributed by atoms with Crippen LogP contribution < -0.4 is 5.32 Å². The maximum absolute atomic E-state index is 12.8. The Bertz CT molecular complexity index is 815. The highest BCUT2D eigenvalue weighted by Gasteiger charge is 2.43. The molecule has 2 aliphatic rings. The molecule has 0 radical (unpaired) electrons. The van der Waals surface area contributed by atoms with Crippen molar-refractivity contribution < 1.29 is 14.7 Å². The van der Waals surface area contributed by atoms with Gasteiger partial charge in [0.15, 0.2) is 0 Å². The number of carbonyl (C=O) groups is 2. The van der Waals surface area contributed by atoms with E-state index in [2.05, 4.69) is 15.3 Å². The van der Waals surface area contributed by atoms with Gasteiger partial charge in [-0.15, -0.1) is 0 Å². The lowest BCUT2D eigenvalue weighted by atomic mass is 10.0. The summed E-state index contributed by atoms with van der Waals surface area (Å²) in [5.41, 5.74) is 1.19. The first-order valence-electron chi connectivity index (χ1n) is 8.52. The third-order valence-corrected chi connectivity index (χ3v) is 4.95. The Morgan fingerprint density at radius 3 is 2.31 bits per heavy atom. The predicted octanol–water partition coefficient (Wildman–Crippen LogP) is 1.90. The van der Waals surface area contributed by atoms with Gasteiger partial charge < -0.3 is 20.2 Å². The van der Waals surface area contributed by atoms with Gasteiger partial charge >= 0.3 is 6.09 Å². The Morgan fingerprint density at radius 2 is 1.65 bits per heavy atom. The molecule has 0 bridgehead atoms. The second kappa shape index (κ2) is 6.62. The molecule has 2 amide bonds. The molecule has 3 heterocycles. The molecule has 0 aliphatic carbocycles. The molecule has 2 saturated heterocycles. The third-order valence-electron chi connectivity index (χ3n) is 4.95. The highest BCUT2D eigenvalue weighted by Crippen LogP contribution is 2.31. The number of nitrogens with one attached hydrogen (secondary N) is 1. The summed E-state index contributed by atoms with van der Waals surface area (Å²) in [4.78, 5) is 35.6. The van der Waals surface area contributed by atoms with Gasteiger partial charge in [-0.1, -0.05) is 18.2 Å². The maximum Gasteiger partial charge on any atom is 0.407 e. The number of nitrogens with zero attached hydrogens (tertiary/aromatic N) is 4. The van der Waals surface area contributed by atoms with E-state index in [0.29, 0.717) is 37.8 Å². The average Bonchev–Trinajstić information content (AvgIpc) is 3.21. The van der Waals surface area contributed by atoms with Crippen molar-refractivity contribution in [2.24, 2.45) is 11.8 Å². The van der Waals surface area contributed by atoms with Gasteiger partial charge in [0.1, 0.15) is 5.69 Å². The van der Waals surface area contributed by atoms with Gasteiger partial charge in [0.25, 0.3) is 5.91 Å². The quantitative estimate of drug-likeness (QED) is 0.874. The predicted molar refractivity (Wildman–Crippen MR) is 94.2 cm³/mol. The Kier molecular flexibility index (Phi) is 4.16. The van der Waals surface area contributed by atoms with Gasteiger partial charge in [-0.05, 0) is 18.2 Å². The van der Waals surface area contributed by atoms with Crippen LogP contribution >= 0.6 is 0 Å². The minimum atomic E-state index is -0.885. The van der Waals surface area contributed by atoms with Gasteiger partial charge in [-0.3, -0.25) is 4.79 Å². The lowest BCUT2D eigenvalue weighted by Crippen LogP contribution is -2.35. The van der Waals surface area contributed by atoms with E-state index in [1.807, 2.05) is 30.3 Å². The summed E-state index contributed by atoms with van der Waals surface area (Å²) >= 11 is 0. The fraction of sp³-hybridized carbons (Fsp3) is 0.333. The number of hydrogen-bond acceptors (Lipinski definition) is 5. The average molecular weight is 353 g/mol. The summed E-state index contributed by atoms with van der Waals surface area (Å²) < 4.78 is 0. The molecule has 2 N–H and O–H groups in total. The molecule has 2 fully saturated rings. The molecule has 2 aromatic rings. The minimum Gasteiger partial charge on any atom is -0.465 e. The summed E-state index contributed by atoms with van der Waals surface area (Å²) in [6.07, 6.45) is 0.680. The molecule has 0 spiro atoms. The van der Waals surface area contributed by atoms with Crippen molar-refractivity contribution >= 4 is 23.6 Å². The molecule has 8 nitrogen and oxygen atoms in total. The summed E-state index contributed by atoms with van der Waals surface area (Å²) in [6.45, 7) is 2.13.